The molecule has 0 aliphatic heterocycles. The van der Waals surface area contributed by atoms with Crippen molar-refractivity contribution < 1.29 is 10.2 Å². The molecule has 0 saturated heterocycles. The molecule has 0 aliphatic carbocycles. The van der Waals surface area contributed by atoms with Crippen LogP contribution in [-0.2, 0) is 0 Å². The molecule has 0 amide bonds. The monoisotopic (exact) mass is 241 g/mol. The molecule has 1 aromatic heterocycles. The number of H-pyrrole nitrogens is 1. The molecule has 90 valence electrons. The van der Waals surface area contributed by atoms with Crippen molar-refractivity contribution in [3.63, 3.8) is 0 Å². The Hall–Kier alpha value is -2.49. The molecule has 3 N–H and O–H groups in total. The van der Waals surface area contributed by atoms with E-state index in [1.54, 1.807) is 12.1 Å². The minimum Gasteiger partial charge on any atom is -0.508 e. The van der Waals surface area contributed by atoms with Crippen LogP contribution in [0.4, 0.5) is 0 Å². The molecular weight excluding hydrogens is 230 g/mol. The van der Waals surface area contributed by atoms with Crippen molar-refractivity contribution >= 4 is 21.8 Å². The van der Waals surface area contributed by atoms with E-state index in [1.807, 2.05) is 13.0 Å². The molecule has 0 aliphatic rings. The molecule has 0 spiro atoms. The fourth-order valence-corrected chi connectivity index (χ4v) is 2.24. The second-order valence-corrected chi connectivity index (χ2v) is 4.34. The SMILES string of the molecule is Cc1cccc2c(=O)c3c(O)cc(O)cc3[nH]c12. The summed E-state index contributed by atoms with van der Waals surface area (Å²) >= 11 is 0. The average molecular weight is 241 g/mol. The number of benzene rings is 2. The van der Waals surface area contributed by atoms with Gasteiger partial charge in [-0.1, -0.05) is 12.1 Å². The van der Waals surface area contributed by atoms with Crippen molar-refractivity contribution in [1.29, 1.82) is 0 Å². The number of aromatic nitrogens is 1. The average Bonchev–Trinajstić information content (AvgIpc) is 2.30. The van der Waals surface area contributed by atoms with Crippen LogP contribution >= 0.6 is 0 Å². The molecule has 0 saturated carbocycles. The molecule has 4 nitrogen and oxygen atoms in total. The summed E-state index contributed by atoms with van der Waals surface area (Å²) in [6.07, 6.45) is 0. The fourth-order valence-electron chi connectivity index (χ4n) is 2.24. The van der Waals surface area contributed by atoms with Crippen molar-refractivity contribution in [2.75, 3.05) is 0 Å². The van der Waals surface area contributed by atoms with Crippen molar-refractivity contribution in [3.05, 3.63) is 46.1 Å². The van der Waals surface area contributed by atoms with Crippen LogP contribution in [0.3, 0.4) is 0 Å². The first-order valence-corrected chi connectivity index (χ1v) is 5.55. The largest absolute Gasteiger partial charge is 0.508 e. The van der Waals surface area contributed by atoms with E-state index < -0.39 is 0 Å². The van der Waals surface area contributed by atoms with Gasteiger partial charge in [-0.2, -0.15) is 0 Å². The third-order valence-electron chi connectivity index (χ3n) is 3.11. The Morgan fingerprint density at radius 2 is 1.94 bits per heavy atom. The second-order valence-electron chi connectivity index (χ2n) is 4.34. The summed E-state index contributed by atoms with van der Waals surface area (Å²) in [6, 6.07) is 8.01. The highest BCUT2D eigenvalue weighted by Gasteiger charge is 2.11. The quantitative estimate of drug-likeness (QED) is 0.529. The fraction of sp³-hybridized carbons (Fsp3) is 0.0714. The van der Waals surface area contributed by atoms with E-state index >= 15 is 0 Å². The Bertz CT molecular complexity index is 834. The normalized spacial score (nSPS) is 11.2. The highest BCUT2D eigenvalue weighted by Crippen LogP contribution is 2.28. The van der Waals surface area contributed by atoms with E-state index in [1.165, 1.54) is 12.1 Å². The number of rotatable bonds is 0. The van der Waals surface area contributed by atoms with Crippen LogP contribution in [0, 0.1) is 6.92 Å². The molecule has 0 unspecified atom stereocenters. The van der Waals surface area contributed by atoms with Gasteiger partial charge in [-0.25, -0.2) is 0 Å². The van der Waals surface area contributed by atoms with Crippen LogP contribution in [-0.4, -0.2) is 15.2 Å². The Morgan fingerprint density at radius 1 is 1.17 bits per heavy atom. The molecule has 0 radical (unpaired) electrons. The molecule has 0 fully saturated rings. The minimum atomic E-state index is -0.236. The van der Waals surface area contributed by atoms with Gasteiger partial charge in [-0.15, -0.1) is 0 Å². The number of hydrogen-bond donors (Lipinski definition) is 3. The third-order valence-corrected chi connectivity index (χ3v) is 3.11. The van der Waals surface area contributed by atoms with Crippen LogP contribution in [0.25, 0.3) is 21.8 Å². The zero-order valence-corrected chi connectivity index (χ0v) is 9.69. The molecule has 2 aromatic carbocycles. The molecule has 3 aromatic rings. The lowest BCUT2D eigenvalue weighted by Crippen LogP contribution is -2.05. The van der Waals surface area contributed by atoms with Crippen LogP contribution in [0.2, 0.25) is 0 Å². The highest BCUT2D eigenvalue weighted by molar-refractivity contribution is 5.97. The first-order chi connectivity index (χ1) is 8.58. The van der Waals surface area contributed by atoms with Gasteiger partial charge in [-0.3, -0.25) is 4.79 Å². The number of phenolic OH excluding ortho intramolecular Hbond substituents is 2. The summed E-state index contributed by atoms with van der Waals surface area (Å²) < 4.78 is 0. The number of hydrogen-bond acceptors (Lipinski definition) is 3. The Kier molecular flexibility index (Phi) is 2.07. The highest BCUT2D eigenvalue weighted by atomic mass is 16.3. The lowest BCUT2D eigenvalue weighted by atomic mass is 10.1. The van der Waals surface area contributed by atoms with Gasteiger partial charge in [0, 0.05) is 17.5 Å². The molecule has 4 heteroatoms. The number of aromatic amines is 1. The number of aromatic hydroxyl groups is 2. The number of phenols is 2. The summed E-state index contributed by atoms with van der Waals surface area (Å²) in [4.78, 5) is 15.4. The molecule has 0 atom stereocenters. The van der Waals surface area contributed by atoms with Crippen LogP contribution in [0.15, 0.2) is 35.1 Å². The van der Waals surface area contributed by atoms with E-state index in [-0.39, 0.29) is 22.3 Å². The van der Waals surface area contributed by atoms with Crippen LogP contribution in [0.5, 0.6) is 11.5 Å². The molecule has 18 heavy (non-hydrogen) atoms. The first kappa shape index (κ1) is 10.7. The zero-order chi connectivity index (χ0) is 12.9. The number of nitrogens with one attached hydrogen (secondary N) is 1. The zero-order valence-electron chi connectivity index (χ0n) is 9.69. The second kappa shape index (κ2) is 3.50. The summed E-state index contributed by atoms with van der Waals surface area (Å²) in [5.41, 5.74) is 1.86. The predicted molar refractivity (Wildman–Crippen MR) is 70.1 cm³/mol. The summed E-state index contributed by atoms with van der Waals surface area (Å²) in [5.74, 6) is -0.293. The lowest BCUT2D eigenvalue weighted by molar-refractivity contribution is 0.455. The van der Waals surface area contributed by atoms with E-state index in [0.29, 0.717) is 10.9 Å². The summed E-state index contributed by atoms with van der Waals surface area (Å²) in [7, 11) is 0. The number of aryl methyl sites for hydroxylation is 1. The standard InChI is InChI=1S/C14H11NO3/c1-7-3-2-4-9-13(7)15-10-5-8(16)6-11(17)12(10)14(9)18/h2-6,16-17H,1H3,(H,15,18). The molecule has 0 bridgehead atoms. The topological polar surface area (TPSA) is 73.3 Å². The van der Waals surface area contributed by atoms with Gasteiger partial charge in [0.05, 0.1) is 16.4 Å². The van der Waals surface area contributed by atoms with Crippen molar-refractivity contribution in [2.45, 2.75) is 6.92 Å². The van der Waals surface area contributed by atoms with Gasteiger partial charge >= 0.3 is 0 Å². The molecule has 3 rings (SSSR count). The number of pyridine rings is 1. The van der Waals surface area contributed by atoms with Gasteiger partial charge < -0.3 is 15.2 Å². The van der Waals surface area contributed by atoms with Gasteiger partial charge in [0.2, 0.25) is 5.43 Å². The molecule has 1 heterocycles. The van der Waals surface area contributed by atoms with E-state index in [9.17, 15) is 15.0 Å². The van der Waals surface area contributed by atoms with Crippen molar-refractivity contribution in [1.82, 2.24) is 4.98 Å². The maximum Gasteiger partial charge on any atom is 0.200 e. The maximum absolute atomic E-state index is 12.3. The smallest absolute Gasteiger partial charge is 0.200 e. The van der Waals surface area contributed by atoms with Gasteiger partial charge in [0.1, 0.15) is 11.5 Å². The Balaban J connectivity index is 2.66. The van der Waals surface area contributed by atoms with Gasteiger partial charge in [-0.05, 0) is 18.6 Å². The third kappa shape index (κ3) is 1.35. The Labute approximate surface area is 102 Å². The Morgan fingerprint density at radius 3 is 2.72 bits per heavy atom. The van der Waals surface area contributed by atoms with Crippen molar-refractivity contribution in [3.8, 4) is 11.5 Å². The van der Waals surface area contributed by atoms with Gasteiger partial charge in [0.15, 0.2) is 0 Å². The van der Waals surface area contributed by atoms with E-state index in [2.05, 4.69) is 4.98 Å². The van der Waals surface area contributed by atoms with E-state index in [0.717, 1.165) is 11.1 Å². The predicted octanol–water partition coefficient (Wildman–Crippen LogP) is 2.40. The maximum atomic E-state index is 12.3. The molecular formula is C14H11NO3. The number of para-hydroxylation sites is 1. The van der Waals surface area contributed by atoms with E-state index in [4.69, 9.17) is 0 Å². The summed E-state index contributed by atoms with van der Waals surface area (Å²) in [5, 5.41) is 20.0. The van der Waals surface area contributed by atoms with Gasteiger partial charge in [0.25, 0.3) is 0 Å². The van der Waals surface area contributed by atoms with Crippen LogP contribution < -0.4 is 5.43 Å². The lowest BCUT2D eigenvalue weighted by Gasteiger charge is -2.07. The number of fused-ring (bicyclic) bond motifs is 2. The van der Waals surface area contributed by atoms with Crippen molar-refractivity contribution in [2.24, 2.45) is 0 Å². The summed E-state index contributed by atoms with van der Waals surface area (Å²) in [6.45, 7) is 1.90. The van der Waals surface area contributed by atoms with Crippen LogP contribution in [0.1, 0.15) is 5.56 Å². The minimum absolute atomic E-state index is 0.0800. The first-order valence-electron chi connectivity index (χ1n) is 5.55.